The van der Waals surface area contributed by atoms with E-state index in [0.29, 0.717) is 11.3 Å². The SMILES string of the molecule is O=C(CSc1cccc(NC(=O)/C(=C/c2ccsc2)NC(=O)c2ccccc2)c1)Nc1ccc(Br)cc1. The van der Waals surface area contributed by atoms with E-state index in [2.05, 4.69) is 31.9 Å². The van der Waals surface area contributed by atoms with E-state index < -0.39 is 5.91 Å². The van der Waals surface area contributed by atoms with Crippen molar-refractivity contribution in [3.63, 3.8) is 0 Å². The topological polar surface area (TPSA) is 87.3 Å². The van der Waals surface area contributed by atoms with E-state index in [0.717, 1.165) is 20.6 Å². The maximum atomic E-state index is 13.1. The molecule has 0 bridgehead atoms. The Morgan fingerprint density at radius 2 is 1.65 bits per heavy atom. The summed E-state index contributed by atoms with van der Waals surface area (Å²) in [6, 6.07) is 25.1. The van der Waals surface area contributed by atoms with E-state index >= 15 is 0 Å². The van der Waals surface area contributed by atoms with Crippen LogP contribution in [0.25, 0.3) is 6.08 Å². The molecule has 3 N–H and O–H groups in total. The summed E-state index contributed by atoms with van der Waals surface area (Å²) in [5.74, 6) is -0.750. The number of carbonyl (C=O) groups excluding carboxylic acids is 3. The summed E-state index contributed by atoms with van der Waals surface area (Å²) in [5.41, 5.74) is 2.65. The van der Waals surface area contributed by atoms with Gasteiger partial charge < -0.3 is 16.0 Å². The van der Waals surface area contributed by atoms with Crippen molar-refractivity contribution < 1.29 is 14.4 Å². The van der Waals surface area contributed by atoms with Crippen LogP contribution in [-0.2, 0) is 9.59 Å². The lowest BCUT2D eigenvalue weighted by Crippen LogP contribution is -2.30. The van der Waals surface area contributed by atoms with Crippen molar-refractivity contribution in [2.75, 3.05) is 16.4 Å². The van der Waals surface area contributed by atoms with Crippen LogP contribution in [0.1, 0.15) is 15.9 Å². The smallest absolute Gasteiger partial charge is 0.272 e. The van der Waals surface area contributed by atoms with Crippen LogP contribution in [0.4, 0.5) is 11.4 Å². The fourth-order valence-corrected chi connectivity index (χ4v) is 4.84. The first-order valence-corrected chi connectivity index (χ1v) is 13.9. The Hall–Kier alpha value is -3.66. The van der Waals surface area contributed by atoms with E-state index in [9.17, 15) is 14.4 Å². The molecule has 4 aromatic rings. The first-order chi connectivity index (χ1) is 18.0. The fourth-order valence-electron chi connectivity index (χ4n) is 3.21. The molecule has 1 heterocycles. The predicted octanol–water partition coefficient (Wildman–Crippen LogP) is 6.65. The number of rotatable bonds is 9. The van der Waals surface area contributed by atoms with E-state index in [1.165, 1.54) is 23.1 Å². The van der Waals surface area contributed by atoms with Crippen LogP contribution in [0, 0.1) is 0 Å². The Bertz CT molecular complexity index is 1410. The molecule has 0 spiro atoms. The minimum atomic E-state index is -0.453. The number of nitrogens with one attached hydrogen (secondary N) is 3. The van der Waals surface area contributed by atoms with Crippen molar-refractivity contribution >= 4 is 74.2 Å². The molecule has 0 fully saturated rings. The molecule has 1 aromatic heterocycles. The summed E-state index contributed by atoms with van der Waals surface area (Å²) in [7, 11) is 0. The first-order valence-electron chi connectivity index (χ1n) is 11.2. The molecule has 0 radical (unpaired) electrons. The van der Waals surface area contributed by atoms with Gasteiger partial charge in [-0.05, 0) is 83.1 Å². The Morgan fingerprint density at radius 1 is 0.865 bits per heavy atom. The number of thiophene rings is 1. The van der Waals surface area contributed by atoms with Crippen LogP contribution in [0.5, 0.6) is 0 Å². The third kappa shape index (κ3) is 8.18. The highest BCUT2D eigenvalue weighted by molar-refractivity contribution is 9.10. The zero-order valence-corrected chi connectivity index (χ0v) is 22.7. The van der Waals surface area contributed by atoms with Crippen molar-refractivity contribution in [2.45, 2.75) is 4.90 Å². The van der Waals surface area contributed by atoms with Gasteiger partial charge in [0.1, 0.15) is 5.70 Å². The molecule has 0 unspecified atom stereocenters. The highest BCUT2D eigenvalue weighted by Gasteiger charge is 2.15. The Balaban J connectivity index is 1.40. The molecule has 6 nitrogen and oxygen atoms in total. The zero-order chi connectivity index (χ0) is 26.0. The number of halogens is 1. The molecule has 186 valence electrons. The Labute approximate surface area is 231 Å². The maximum Gasteiger partial charge on any atom is 0.272 e. The Morgan fingerprint density at radius 3 is 2.38 bits per heavy atom. The summed E-state index contributed by atoms with van der Waals surface area (Å²) in [4.78, 5) is 39.0. The number of amides is 3. The third-order valence-corrected chi connectivity index (χ3v) is 7.20. The second kappa shape index (κ2) is 13.0. The first kappa shape index (κ1) is 26.4. The van der Waals surface area contributed by atoms with Crippen molar-refractivity contribution in [3.05, 3.63) is 117 Å². The molecule has 4 rings (SSSR count). The van der Waals surface area contributed by atoms with Crippen LogP contribution < -0.4 is 16.0 Å². The number of hydrogen-bond donors (Lipinski definition) is 3. The van der Waals surface area contributed by atoms with Crippen molar-refractivity contribution in [3.8, 4) is 0 Å². The summed E-state index contributed by atoms with van der Waals surface area (Å²) >= 11 is 6.23. The van der Waals surface area contributed by atoms with Crippen LogP contribution in [-0.4, -0.2) is 23.5 Å². The molecule has 0 aliphatic carbocycles. The number of hydrogen-bond acceptors (Lipinski definition) is 5. The largest absolute Gasteiger partial charge is 0.325 e. The van der Waals surface area contributed by atoms with Crippen LogP contribution >= 0.6 is 39.0 Å². The van der Waals surface area contributed by atoms with Gasteiger partial charge in [-0.1, -0.05) is 40.2 Å². The molecule has 3 amide bonds. The Kier molecular flexibility index (Phi) is 9.31. The van der Waals surface area contributed by atoms with Gasteiger partial charge in [0.05, 0.1) is 5.75 Å². The molecule has 0 saturated carbocycles. The van der Waals surface area contributed by atoms with Gasteiger partial charge >= 0.3 is 0 Å². The van der Waals surface area contributed by atoms with Crippen molar-refractivity contribution in [2.24, 2.45) is 0 Å². The minimum absolute atomic E-state index is 0.124. The fraction of sp³-hybridized carbons (Fsp3) is 0.0357. The van der Waals surface area contributed by atoms with Gasteiger partial charge in [-0.15, -0.1) is 11.8 Å². The summed E-state index contributed by atoms with van der Waals surface area (Å²) in [5, 5.41) is 12.2. The molecule has 0 saturated heterocycles. The number of anilines is 2. The van der Waals surface area contributed by atoms with Gasteiger partial charge in [-0.2, -0.15) is 11.3 Å². The molecular weight excluding hydrogens is 570 g/mol. The second-order valence-corrected chi connectivity index (χ2v) is 10.5. The van der Waals surface area contributed by atoms with Gasteiger partial charge in [-0.3, -0.25) is 14.4 Å². The van der Waals surface area contributed by atoms with Gasteiger partial charge in [0.2, 0.25) is 5.91 Å². The van der Waals surface area contributed by atoms with E-state index in [1.807, 2.05) is 53.2 Å². The van der Waals surface area contributed by atoms with Gasteiger partial charge in [0.25, 0.3) is 11.8 Å². The third-order valence-electron chi connectivity index (χ3n) is 4.97. The molecule has 9 heteroatoms. The van der Waals surface area contributed by atoms with Crippen molar-refractivity contribution in [1.29, 1.82) is 0 Å². The number of carbonyl (C=O) groups is 3. The molecule has 0 atom stereocenters. The standard InChI is InChI=1S/C28H22BrN3O3S2/c29-21-9-11-22(12-10-21)30-26(33)18-37-24-8-4-7-23(16-24)31-28(35)25(15-19-13-14-36-17-19)32-27(34)20-5-2-1-3-6-20/h1-17H,18H2,(H,30,33)(H,31,35)(H,32,34)/b25-15-. The highest BCUT2D eigenvalue weighted by atomic mass is 79.9. The summed E-state index contributed by atoms with van der Waals surface area (Å²) in [6.45, 7) is 0. The summed E-state index contributed by atoms with van der Waals surface area (Å²) in [6.07, 6.45) is 1.64. The van der Waals surface area contributed by atoms with Crippen LogP contribution in [0.15, 0.2) is 111 Å². The number of thioether (sulfide) groups is 1. The average molecular weight is 593 g/mol. The van der Waals surface area contributed by atoms with Crippen LogP contribution in [0.3, 0.4) is 0 Å². The number of benzene rings is 3. The lowest BCUT2D eigenvalue weighted by molar-refractivity contribution is -0.114. The molecule has 37 heavy (non-hydrogen) atoms. The summed E-state index contributed by atoms with van der Waals surface area (Å²) < 4.78 is 0.937. The second-order valence-electron chi connectivity index (χ2n) is 7.76. The quantitative estimate of drug-likeness (QED) is 0.150. The monoisotopic (exact) mass is 591 g/mol. The normalized spacial score (nSPS) is 11.0. The molecular formula is C28H22BrN3O3S2. The van der Waals surface area contributed by atoms with E-state index in [1.54, 1.807) is 48.5 Å². The van der Waals surface area contributed by atoms with Gasteiger partial charge in [0.15, 0.2) is 0 Å². The van der Waals surface area contributed by atoms with E-state index in [-0.39, 0.29) is 23.3 Å². The predicted molar refractivity (Wildman–Crippen MR) is 155 cm³/mol. The van der Waals surface area contributed by atoms with Crippen LogP contribution in [0.2, 0.25) is 0 Å². The van der Waals surface area contributed by atoms with Gasteiger partial charge in [-0.25, -0.2) is 0 Å². The lowest BCUT2D eigenvalue weighted by Gasteiger charge is -2.12. The van der Waals surface area contributed by atoms with E-state index in [4.69, 9.17) is 0 Å². The molecule has 0 aliphatic heterocycles. The molecule has 0 aliphatic rings. The average Bonchev–Trinajstić information content (AvgIpc) is 3.42. The zero-order valence-electron chi connectivity index (χ0n) is 19.4. The lowest BCUT2D eigenvalue weighted by atomic mass is 10.2. The minimum Gasteiger partial charge on any atom is -0.325 e. The maximum absolute atomic E-state index is 13.1. The van der Waals surface area contributed by atoms with Gasteiger partial charge in [0, 0.05) is 26.3 Å². The van der Waals surface area contributed by atoms with Crippen molar-refractivity contribution in [1.82, 2.24) is 5.32 Å². The molecule has 3 aromatic carbocycles. The highest BCUT2D eigenvalue weighted by Crippen LogP contribution is 2.23.